The first-order valence-electron chi connectivity index (χ1n) is 6.21. The number of carboxylic acid groups (broad SMARTS) is 1. The summed E-state index contributed by atoms with van der Waals surface area (Å²) in [6.07, 6.45) is 1.02. The van der Waals surface area contributed by atoms with Crippen LogP contribution >= 0.6 is 0 Å². The second-order valence-electron chi connectivity index (χ2n) is 4.39. The third kappa shape index (κ3) is 3.90. The Kier molecular flexibility index (Phi) is 5.71. The van der Waals surface area contributed by atoms with Gasteiger partial charge in [-0.3, -0.25) is 14.4 Å². The summed E-state index contributed by atoms with van der Waals surface area (Å²) in [5.41, 5.74) is 10.7. The average molecular weight is 272 g/mol. The molecule has 1 aliphatic rings. The van der Waals surface area contributed by atoms with Crippen molar-refractivity contribution in [3.05, 3.63) is 0 Å². The number of piperazine rings is 1. The van der Waals surface area contributed by atoms with Crippen molar-refractivity contribution in [2.45, 2.75) is 18.9 Å². The SMILES string of the molecule is NCCC[C@H]1C(=O)N(CC(=O)O)CCN1C(=O)CN. The zero-order chi connectivity index (χ0) is 14.4. The quantitative estimate of drug-likeness (QED) is 0.503. The Morgan fingerprint density at radius 1 is 1.32 bits per heavy atom. The van der Waals surface area contributed by atoms with Crippen LogP contribution in [0.2, 0.25) is 0 Å². The Morgan fingerprint density at radius 3 is 2.53 bits per heavy atom. The van der Waals surface area contributed by atoms with Crippen LogP contribution in [-0.4, -0.2) is 71.5 Å². The van der Waals surface area contributed by atoms with Crippen molar-refractivity contribution in [2.24, 2.45) is 11.5 Å². The lowest BCUT2D eigenvalue weighted by Crippen LogP contribution is -2.60. The van der Waals surface area contributed by atoms with Crippen molar-refractivity contribution in [3.8, 4) is 0 Å². The standard InChI is InChI=1S/C11H20N4O4/c12-3-1-2-8-11(19)14(7-10(17)18)4-5-15(8)9(16)6-13/h8H,1-7,12-13H2,(H,17,18)/t8-/m0/s1. The first-order chi connectivity index (χ1) is 9.01. The summed E-state index contributed by atoms with van der Waals surface area (Å²) in [7, 11) is 0. The molecule has 0 unspecified atom stereocenters. The van der Waals surface area contributed by atoms with Gasteiger partial charge in [-0.1, -0.05) is 0 Å². The van der Waals surface area contributed by atoms with E-state index in [4.69, 9.17) is 16.6 Å². The minimum atomic E-state index is -1.07. The molecular formula is C11H20N4O4. The minimum Gasteiger partial charge on any atom is -0.480 e. The summed E-state index contributed by atoms with van der Waals surface area (Å²) in [5, 5.41) is 8.75. The summed E-state index contributed by atoms with van der Waals surface area (Å²) >= 11 is 0. The molecule has 8 nitrogen and oxygen atoms in total. The maximum Gasteiger partial charge on any atom is 0.323 e. The third-order valence-electron chi connectivity index (χ3n) is 3.09. The van der Waals surface area contributed by atoms with Gasteiger partial charge in [-0.05, 0) is 19.4 Å². The molecular weight excluding hydrogens is 252 g/mol. The molecule has 5 N–H and O–H groups in total. The Bertz CT molecular complexity index is 361. The fourth-order valence-corrected chi connectivity index (χ4v) is 2.17. The van der Waals surface area contributed by atoms with Crippen molar-refractivity contribution in [3.63, 3.8) is 0 Å². The number of carbonyl (C=O) groups excluding carboxylic acids is 2. The Hall–Kier alpha value is -1.67. The van der Waals surface area contributed by atoms with Crippen LogP contribution in [0.25, 0.3) is 0 Å². The van der Waals surface area contributed by atoms with Crippen LogP contribution in [0.5, 0.6) is 0 Å². The van der Waals surface area contributed by atoms with Gasteiger partial charge in [-0.2, -0.15) is 0 Å². The lowest BCUT2D eigenvalue weighted by atomic mass is 10.0. The van der Waals surface area contributed by atoms with Crippen molar-refractivity contribution in [1.29, 1.82) is 0 Å². The van der Waals surface area contributed by atoms with Crippen LogP contribution in [0.15, 0.2) is 0 Å². The molecule has 0 aromatic rings. The normalized spacial score (nSPS) is 19.7. The number of carbonyl (C=O) groups is 3. The van der Waals surface area contributed by atoms with E-state index in [2.05, 4.69) is 0 Å². The van der Waals surface area contributed by atoms with Crippen LogP contribution in [0.4, 0.5) is 0 Å². The fraction of sp³-hybridized carbons (Fsp3) is 0.727. The van der Waals surface area contributed by atoms with Crippen LogP contribution < -0.4 is 11.5 Å². The Labute approximate surface area is 111 Å². The molecule has 1 aliphatic heterocycles. The highest BCUT2D eigenvalue weighted by Crippen LogP contribution is 2.16. The van der Waals surface area contributed by atoms with Gasteiger partial charge in [-0.15, -0.1) is 0 Å². The molecule has 0 aromatic carbocycles. The lowest BCUT2D eigenvalue weighted by molar-refractivity contribution is -0.155. The fourth-order valence-electron chi connectivity index (χ4n) is 2.17. The molecule has 108 valence electrons. The van der Waals surface area contributed by atoms with E-state index < -0.39 is 12.0 Å². The van der Waals surface area contributed by atoms with Crippen LogP contribution in [0.3, 0.4) is 0 Å². The minimum absolute atomic E-state index is 0.161. The second kappa shape index (κ2) is 7.05. The van der Waals surface area contributed by atoms with Gasteiger partial charge in [0.15, 0.2) is 0 Å². The number of nitrogens with two attached hydrogens (primary N) is 2. The van der Waals surface area contributed by atoms with Gasteiger partial charge in [0.05, 0.1) is 6.54 Å². The molecule has 0 saturated carbocycles. The third-order valence-corrected chi connectivity index (χ3v) is 3.09. The van der Waals surface area contributed by atoms with Crippen LogP contribution in [-0.2, 0) is 14.4 Å². The Morgan fingerprint density at radius 2 is 2.00 bits per heavy atom. The average Bonchev–Trinajstić information content (AvgIpc) is 2.38. The first-order valence-corrected chi connectivity index (χ1v) is 6.21. The number of carboxylic acids is 1. The van der Waals surface area contributed by atoms with E-state index in [1.807, 2.05) is 0 Å². The number of amides is 2. The van der Waals surface area contributed by atoms with E-state index in [9.17, 15) is 14.4 Å². The molecule has 1 rings (SSSR count). The van der Waals surface area contributed by atoms with E-state index in [0.29, 0.717) is 25.9 Å². The number of hydrogen-bond acceptors (Lipinski definition) is 5. The van der Waals surface area contributed by atoms with Gasteiger partial charge >= 0.3 is 5.97 Å². The molecule has 0 radical (unpaired) electrons. The largest absolute Gasteiger partial charge is 0.480 e. The molecule has 1 saturated heterocycles. The van der Waals surface area contributed by atoms with Crippen molar-refractivity contribution >= 4 is 17.8 Å². The zero-order valence-corrected chi connectivity index (χ0v) is 10.7. The highest BCUT2D eigenvalue weighted by molar-refractivity contribution is 5.91. The molecule has 1 fully saturated rings. The molecule has 0 spiro atoms. The molecule has 8 heteroatoms. The van der Waals surface area contributed by atoms with Crippen LogP contribution in [0, 0.1) is 0 Å². The predicted molar refractivity (Wildman–Crippen MR) is 67.1 cm³/mol. The highest BCUT2D eigenvalue weighted by Gasteiger charge is 2.36. The number of nitrogens with zero attached hydrogens (tertiary/aromatic N) is 2. The number of aliphatic carboxylic acids is 1. The summed E-state index contributed by atoms with van der Waals surface area (Å²) in [6.45, 7) is 0.432. The predicted octanol–water partition coefficient (Wildman–Crippen LogP) is -2.19. The smallest absolute Gasteiger partial charge is 0.323 e. The number of hydrogen-bond donors (Lipinski definition) is 3. The summed E-state index contributed by atoms with van der Waals surface area (Å²) < 4.78 is 0. The monoisotopic (exact) mass is 272 g/mol. The number of rotatable bonds is 6. The van der Waals surface area contributed by atoms with Crippen molar-refractivity contribution < 1.29 is 19.5 Å². The molecule has 2 amide bonds. The van der Waals surface area contributed by atoms with E-state index in [1.165, 1.54) is 9.80 Å². The highest BCUT2D eigenvalue weighted by atomic mass is 16.4. The summed E-state index contributed by atoms with van der Waals surface area (Å²) in [6, 6.07) is -0.646. The van der Waals surface area contributed by atoms with Gasteiger partial charge in [0.2, 0.25) is 11.8 Å². The van der Waals surface area contributed by atoms with E-state index in [0.717, 1.165) is 0 Å². The maximum absolute atomic E-state index is 12.2. The molecule has 1 atom stereocenters. The van der Waals surface area contributed by atoms with Gasteiger partial charge in [0.1, 0.15) is 12.6 Å². The second-order valence-corrected chi connectivity index (χ2v) is 4.39. The first kappa shape index (κ1) is 15.4. The molecule has 0 aliphatic carbocycles. The molecule has 1 heterocycles. The maximum atomic E-state index is 12.2. The molecule has 0 aromatic heterocycles. The van der Waals surface area contributed by atoms with Crippen molar-refractivity contribution in [1.82, 2.24) is 9.80 Å². The van der Waals surface area contributed by atoms with E-state index in [1.54, 1.807) is 0 Å². The van der Waals surface area contributed by atoms with E-state index in [-0.39, 0.29) is 31.4 Å². The topological polar surface area (TPSA) is 130 Å². The lowest BCUT2D eigenvalue weighted by Gasteiger charge is -2.40. The summed E-state index contributed by atoms with van der Waals surface area (Å²) in [5.74, 6) is -1.71. The van der Waals surface area contributed by atoms with Gasteiger partial charge in [-0.25, -0.2) is 0 Å². The van der Waals surface area contributed by atoms with Crippen molar-refractivity contribution in [2.75, 3.05) is 32.7 Å². The van der Waals surface area contributed by atoms with E-state index >= 15 is 0 Å². The van der Waals surface area contributed by atoms with Gasteiger partial charge in [0.25, 0.3) is 0 Å². The zero-order valence-electron chi connectivity index (χ0n) is 10.7. The van der Waals surface area contributed by atoms with Crippen LogP contribution in [0.1, 0.15) is 12.8 Å². The Balaban J connectivity index is 2.80. The molecule has 0 bridgehead atoms. The van der Waals surface area contributed by atoms with Gasteiger partial charge in [0, 0.05) is 13.1 Å². The van der Waals surface area contributed by atoms with Gasteiger partial charge < -0.3 is 26.4 Å². The molecule has 19 heavy (non-hydrogen) atoms. The summed E-state index contributed by atoms with van der Waals surface area (Å²) in [4.78, 5) is 37.3.